The molecule has 4 rings (SSSR count). The molecule has 0 spiro atoms. The summed E-state index contributed by atoms with van der Waals surface area (Å²) in [5.41, 5.74) is 0.957. The molecule has 7 heteroatoms. The Hall–Kier alpha value is -2.83. The lowest BCUT2D eigenvalue weighted by molar-refractivity contribution is 0.0948. The number of rotatable bonds is 4. The number of nitrogens with one attached hydrogen (secondary N) is 1. The van der Waals surface area contributed by atoms with Gasteiger partial charge in [-0.05, 0) is 38.3 Å². The number of anilines is 1. The number of aromatic nitrogens is 2. The second-order valence-corrected chi connectivity index (χ2v) is 6.22. The van der Waals surface area contributed by atoms with Crippen molar-refractivity contribution in [2.75, 3.05) is 18.0 Å². The number of carbonyl (C=O) groups excluding carboxylic acids is 1. The fraction of sp³-hybridized carbons (Fsp3) is 0.389. The summed E-state index contributed by atoms with van der Waals surface area (Å²) in [7, 11) is 0. The van der Waals surface area contributed by atoms with Crippen LogP contribution in [-0.2, 0) is 6.54 Å². The lowest BCUT2D eigenvalue weighted by atomic mass is 10.1. The van der Waals surface area contributed by atoms with Crippen molar-refractivity contribution in [1.82, 2.24) is 15.3 Å². The van der Waals surface area contributed by atoms with Gasteiger partial charge < -0.3 is 19.1 Å². The maximum atomic E-state index is 12.8. The minimum absolute atomic E-state index is 0.208. The Morgan fingerprint density at radius 1 is 1.28 bits per heavy atom. The molecule has 0 aromatic carbocycles. The average Bonchev–Trinajstić information content (AvgIpc) is 3.27. The lowest BCUT2D eigenvalue weighted by Crippen LogP contribution is -2.31. The number of nitrogens with zero attached hydrogens (tertiary/aromatic N) is 3. The number of piperidine rings is 1. The predicted molar refractivity (Wildman–Crippen MR) is 92.5 cm³/mol. The molecule has 1 amide bonds. The number of amides is 1. The van der Waals surface area contributed by atoms with Gasteiger partial charge in [-0.25, -0.2) is 9.97 Å². The minimum Gasteiger partial charge on any atom is -0.467 e. The zero-order valence-corrected chi connectivity index (χ0v) is 14.1. The first-order chi connectivity index (χ1) is 12.2. The monoisotopic (exact) mass is 340 g/mol. The first-order valence-electron chi connectivity index (χ1n) is 8.53. The minimum atomic E-state index is -0.208. The Kier molecular flexibility index (Phi) is 4.13. The number of hydrogen-bond acceptors (Lipinski definition) is 6. The average molecular weight is 340 g/mol. The van der Waals surface area contributed by atoms with Crippen LogP contribution in [0.1, 0.15) is 41.1 Å². The van der Waals surface area contributed by atoms with E-state index in [9.17, 15) is 4.79 Å². The third-order valence-electron chi connectivity index (χ3n) is 4.53. The molecule has 4 heterocycles. The lowest BCUT2D eigenvalue weighted by Gasteiger charge is -2.28. The van der Waals surface area contributed by atoms with Gasteiger partial charge in [-0.2, -0.15) is 0 Å². The first kappa shape index (κ1) is 15.7. The van der Waals surface area contributed by atoms with E-state index in [1.54, 1.807) is 19.3 Å². The van der Waals surface area contributed by atoms with Crippen LogP contribution in [0.4, 0.5) is 5.82 Å². The van der Waals surface area contributed by atoms with Crippen molar-refractivity contribution in [3.8, 4) is 0 Å². The molecule has 1 saturated heterocycles. The van der Waals surface area contributed by atoms with Gasteiger partial charge >= 0.3 is 0 Å². The van der Waals surface area contributed by atoms with E-state index in [1.165, 1.54) is 12.7 Å². The van der Waals surface area contributed by atoms with Crippen LogP contribution < -0.4 is 10.2 Å². The SMILES string of the molecule is Cc1oc2ncnc(N3CCCCC3)c2c1C(=O)NCc1ccco1. The maximum absolute atomic E-state index is 12.8. The zero-order valence-electron chi connectivity index (χ0n) is 14.1. The van der Waals surface area contributed by atoms with Crippen LogP contribution in [0, 0.1) is 6.92 Å². The summed E-state index contributed by atoms with van der Waals surface area (Å²) in [5.74, 6) is 1.82. The molecule has 1 N–H and O–H groups in total. The van der Waals surface area contributed by atoms with Crippen LogP contribution in [0.25, 0.3) is 11.1 Å². The molecule has 0 bridgehead atoms. The Bertz CT molecular complexity index is 879. The van der Waals surface area contributed by atoms with E-state index in [0.29, 0.717) is 34.7 Å². The first-order valence-corrected chi connectivity index (χ1v) is 8.53. The van der Waals surface area contributed by atoms with Gasteiger partial charge in [-0.15, -0.1) is 0 Å². The third kappa shape index (κ3) is 2.97. The van der Waals surface area contributed by atoms with Crippen LogP contribution in [0.3, 0.4) is 0 Å². The van der Waals surface area contributed by atoms with Crippen LogP contribution >= 0.6 is 0 Å². The fourth-order valence-corrected chi connectivity index (χ4v) is 3.32. The molecular formula is C18H20N4O3. The van der Waals surface area contributed by atoms with Gasteiger partial charge in [-0.3, -0.25) is 4.79 Å². The molecule has 0 aliphatic carbocycles. The molecule has 0 atom stereocenters. The van der Waals surface area contributed by atoms with Crippen LogP contribution in [0.2, 0.25) is 0 Å². The van der Waals surface area contributed by atoms with Crippen molar-refractivity contribution in [2.24, 2.45) is 0 Å². The van der Waals surface area contributed by atoms with Crippen molar-refractivity contribution in [1.29, 1.82) is 0 Å². The Labute approximate surface area is 145 Å². The van der Waals surface area contributed by atoms with Gasteiger partial charge in [0, 0.05) is 13.1 Å². The quantitative estimate of drug-likeness (QED) is 0.786. The fourth-order valence-electron chi connectivity index (χ4n) is 3.32. The van der Waals surface area contributed by atoms with E-state index >= 15 is 0 Å². The van der Waals surface area contributed by atoms with Crippen molar-refractivity contribution >= 4 is 22.8 Å². The zero-order chi connectivity index (χ0) is 17.2. The maximum Gasteiger partial charge on any atom is 0.256 e. The normalized spacial score (nSPS) is 14.8. The van der Waals surface area contributed by atoms with Crippen LogP contribution in [0.5, 0.6) is 0 Å². The molecule has 0 unspecified atom stereocenters. The Balaban J connectivity index is 1.69. The summed E-state index contributed by atoms with van der Waals surface area (Å²) >= 11 is 0. The van der Waals surface area contributed by atoms with E-state index < -0.39 is 0 Å². The predicted octanol–water partition coefficient (Wildman–Crippen LogP) is 3.04. The van der Waals surface area contributed by atoms with Gasteiger partial charge in [0.05, 0.1) is 23.8 Å². The number of furan rings is 2. The molecule has 3 aromatic heterocycles. The van der Waals surface area contributed by atoms with Gasteiger partial charge in [0.2, 0.25) is 5.71 Å². The van der Waals surface area contributed by atoms with Crippen molar-refractivity contribution < 1.29 is 13.6 Å². The highest BCUT2D eigenvalue weighted by Crippen LogP contribution is 2.32. The van der Waals surface area contributed by atoms with Crippen molar-refractivity contribution in [3.05, 3.63) is 41.8 Å². The highest BCUT2D eigenvalue weighted by atomic mass is 16.3. The molecule has 1 aliphatic heterocycles. The van der Waals surface area contributed by atoms with Crippen molar-refractivity contribution in [3.63, 3.8) is 0 Å². The van der Waals surface area contributed by atoms with Gasteiger partial charge in [-0.1, -0.05) is 0 Å². The number of carbonyl (C=O) groups is 1. The molecule has 0 radical (unpaired) electrons. The Morgan fingerprint density at radius 3 is 2.88 bits per heavy atom. The van der Waals surface area contributed by atoms with Crippen LogP contribution in [-0.4, -0.2) is 29.0 Å². The summed E-state index contributed by atoms with van der Waals surface area (Å²) in [6.45, 7) is 3.97. The molecule has 1 aliphatic rings. The third-order valence-corrected chi connectivity index (χ3v) is 4.53. The van der Waals surface area contributed by atoms with E-state index in [4.69, 9.17) is 8.83 Å². The summed E-state index contributed by atoms with van der Waals surface area (Å²) < 4.78 is 11.0. The second kappa shape index (κ2) is 6.58. The van der Waals surface area contributed by atoms with E-state index in [2.05, 4.69) is 20.2 Å². The van der Waals surface area contributed by atoms with E-state index in [-0.39, 0.29) is 5.91 Å². The molecule has 3 aromatic rings. The summed E-state index contributed by atoms with van der Waals surface area (Å²) in [6, 6.07) is 3.62. The molecule has 130 valence electrons. The highest BCUT2D eigenvalue weighted by Gasteiger charge is 2.25. The largest absolute Gasteiger partial charge is 0.467 e. The topological polar surface area (TPSA) is 84.4 Å². The Morgan fingerprint density at radius 2 is 2.12 bits per heavy atom. The van der Waals surface area contributed by atoms with Crippen LogP contribution in [0.15, 0.2) is 33.6 Å². The molecule has 25 heavy (non-hydrogen) atoms. The number of aryl methyl sites for hydroxylation is 1. The summed E-state index contributed by atoms with van der Waals surface area (Å²) in [5, 5.41) is 3.58. The van der Waals surface area contributed by atoms with Gasteiger partial charge in [0.15, 0.2) is 0 Å². The second-order valence-electron chi connectivity index (χ2n) is 6.22. The molecular weight excluding hydrogens is 320 g/mol. The molecule has 7 nitrogen and oxygen atoms in total. The van der Waals surface area contributed by atoms with E-state index in [0.717, 1.165) is 31.7 Å². The number of hydrogen-bond donors (Lipinski definition) is 1. The highest BCUT2D eigenvalue weighted by molar-refractivity contribution is 6.10. The molecule has 1 fully saturated rings. The summed E-state index contributed by atoms with van der Waals surface area (Å²) in [6.07, 6.45) is 6.57. The van der Waals surface area contributed by atoms with E-state index in [1.807, 2.05) is 6.07 Å². The standard InChI is InChI=1S/C18H20N4O3/c1-12-14(17(23)19-10-13-6-5-9-24-13)15-16(20-11-21-18(15)25-12)22-7-3-2-4-8-22/h5-6,9,11H,2-4,7-8,10H2,1H3,(H,19,23). The number of fused-ring (bicyclic) bond motifs is 1. The van der Waals surface area contributed by atoms with Gasteiger partial charge in [0.1, 0.15) is 23.7 Å². The summed E-state index contributed by atoms with van der Waals surface area (Å²) in [4.78, 5) is 23.7. The van der Waals surface area contributed by atoms with Gasteiger partial charge in [0.25, 0.3) is 5.91 Å². The smallest absolute Gasteiger partial charge is 0.256 e. The van der Waals surface area contributed by atoms with Crippen molar-refractivity contribution in [2.45, 2.75) is 32.7 Å². The molecule has 0 saturated carbocycles.